The lowest BCUT2D eigenvalue weighted by Crippen LogP contribution is -2.28. The van der Waals surface area contributed by atoms with Crippen molar-refractivity contribution in [3.05, 3.63) is 82.1 Å². The molecule has 178 valence electrons. The molecule has 2 N–H and O–H groups in total. The van der Waals surface area contributed by atoms with Gasteiger partial charge in [-0.1, -0.05) is 35.5 Å². The number of aromatic nitrogens is 3. The number of thioether (sulfide) groups is 1. The zero-order valence-corrected chi connectivity index (χ0v) is 20.8. The van der Waals surface area contributed by atoms with E-state index in [-0.39, 0.29) is 21.8 Å². The van der Waals surface area contributed by atoms with Crippen LogP contribution in [0.5, 0.6) is 0 Å². The molecule has 0 radical (unpaired) electrons. The number of allylic oxidation sites excluding steroid dienone is 1. The summed E-state index contributed by atoms with van der Waals surface area (Å²) >= 11 is 4.13. The number of halogens is 3. The molecule has 1 heterocycles. The summed E-state index contributed by atoms with van der Waals surface area (Å²) in [6.07, 6.45) is 1.65. The second-order valence-corrected chi connectivity index (χ2v) is 9.18. The van der Waals surface area contributed by atoms with Crippen LogP contribution < -0.4 is 10.6 Å². The highest BCUT2D eigenvalue weighted by molar-refractivity contribution is 9.10. The summed E-state index contributed by atoms with van der Waals surface area (Å²) < 4.78 is 29.1. The van der Waals surface area contributed by atoms with Crippen LogP contribution >= 0.6 is 27.7 Å². The average Bonchev–Trinajstić information content (AvgIpc) is 3.18. The zero-order chi connectivity index (χ0) is 24.8. The van der Waals surface area contributed by atoms with Gasteiger partial charge in [0.25, 0.3) is 5.91 Å². The largest absolute Gasteiger partial charge is 0.342 e. The first-order chi connectivity index (χ1) is 16.2. The van der Waals surface area contributed by atoms with Crippen molar-refractivity contribution in [1.29, 1.82) is 0 Å². The Balaban J connectivity index is 1.68. The van der Waals surface area contributed by atoms with E-state index in [0.717, 1.165) is 23.4 Å². The van der Waals surface area contributed by atoms with Crippen molar-refractivity contribution in [2.75, 3.05) is 11.1 Å². The summed E-state index contributed by atoms with van der Waals surface area (Å²) in [5, 5.41) is 14.1. The zero-order valence-electron chi connectivity index (χ0n) is 18.4. The Hall–Kier alpha value is -3.05. The van der Waals surface area contributed by atoms with E-state index in [9.17, 15) is 18.4 Å². The van der Waals surface area contributed by atoms with Crippen LogP contribution in [0, 0.1) is 18.6 Å². The monoisotopic (exact) mass is 549 g/mol. The third-order valence-corrected chi connectivity index (χ3v) is 6.30. The summed E-state index contributed by atoms with van der Waals surface area (Å²) in [4.78, 5) is 24.9. The Bertz CT molecular complexity index is 1190. The first-order valence-corrected chi connectivity index (χ1v) is 12.0. The molecule has 0 spiro atoms. The summed E-state index contributed by atoms with van der Waals surface area (Å²) in [5.41, 5.74) is 1.43. The van der Waals surface area contributed by atoms with Gasteiger partial charge in [-0.3, -0.25) is 9.59 Å². The molecule has 3 aromatic rings. The molecule has 1 aromatic heterocycles. The summed E-state index contributed by atoms with van der Waals surface area (Å²) in [6.45, 7) is 7.82. The van der Waals surface area contributed by atoms with Gasteiger partial charge in [-0.05, 0) is 48.0 Å². The molecule has 0 unspecified atom stereocenters. The number of anilines is 1. The predicted molar refractivity (Wildman–Crippen MR) is 131 cm³/mol. The van der Waals surface area contributed by atoms with E-state index in [1.54, 1.807) is 29.7 Å². The minimum Gasteiger partial charge on any atom is -0.342 e. The van der Waals surface area contributed by atoms with E-state index in [4.69, 9.17) is 0 Å². The van der Waals surface area contributed by atoms with Crippen molar-refractivity contribution in [3.63, 3.8) is 0 Å². The van der Waals surface area contributed by atoms with E-state index in [1.807, 2.05) is 19.1 Å². The van der Waals surface area contributed by atoms with Crippen molar-refractivity contribution in [2.45, 2.75) is 31.6 Å². The Labute approximate surface area is 208 Å². The smallest absolute Gasteiger partial charge is 0.251 e. The maximum Gasteiger partial charge on any atom is 0.251 e. The number of nitrogens with one attached hydrogen (secondary N) is 2. The maximum absolute atomic E-state index is 14.0. The van der Waals surface area contributed by atoms with Crippen molar-refractivity contribution in [3.8, 4) is 0 Å². The van der Waals surface area contributed by atoms with Gasteiger partial charge in [0.1, 0.15) is 5.82 Å². The first kappa shape index (κ1) is 25.6. The molecular weight excluding hydrogens is 528 g/mol. The van der Waals surface area contributed by atoms with Crippen LogP contribution in [0.4, 0.5) is 14.5 Å². The molecular formula is C23H22BrF2N5O2S. The Morgan fingerprint density at radius 2 is 1.94 bits per heavy atom. The van der Waals surface area contributed by atoms with Crippen LogP contribution in [-0.4, -0.2) is 32.3 Å². The molecule has 34 heavy (non-hydrogen) atoms. The van der Waals surface area contributed by atoms with Gasteiger partial charge in [0, 0.05) is 22.6 Å². The molecule has 0 bridgehead atoms. The van der Waals surface area contributed by atoms with Crippen molar-refractivity contribution in [2.24, 2.45) is 0 Å². The lowest BCUT2D eigenvalue weighted by Gasteiger charge is -2.15. The topological polar surface area (TPSA) is 88.9 Å². The van der Waals surface area contributed by atoms with Gasteiger partial charge in [-0.15, -0.1) is 16.8 Å². The normalized spacial score (nSPS) is 11.7. The molecule has 7 nitrogen and oxygen atoms in total. The molecule has 0 saturated heterocycles. The second kappa shape index (κ2) is 11.4. The lowest BCUT2D eigenvalue weighted by molar-refractivity contribution is -0.113. The van der Waals surface area contributed by atoms with Gasteiger partial charge < -0.3 is 15.2 Å². The molecule has 1 atom stereocenters. The molecule has 2 amide bonds. The molecule has 0 aliphatic heterocycles. The third-order valence-electron chi connectivity index (χ3n) is 4.71. The predicted octanol–water partition coefficient (Wildman–Crippen LogP) is 5.04. The molecule has 0 aliphatic carbocycles. The maximum atomic E-state index is 14.0. The summed E-state index contributed by atoms with van der Waals surface area (Å²) in [5.74, 6) is -2.00. The number of nitrogens with zero attached hydrogens (tertiary/aromatic N) is 3. The van der Waals surface area contributed by atoms with Gasteiger partial charge in [0.15, 0.2) is 16.8 Å². The van der Waals surface area contributed by atoms with Crippen molar-refractivity contribution >= 4 is 45.2 Å². The Kier molecular flexibility index (Phi) is 8.56. The highest BCUT2D eigenvalue weighted by Gasteiger charge is 2.21. The quantitative estimate of drug-likeness (QED) is 0.288. The van der Waals surface area contributed by atoms with Crippen LogP contribution in [0.1, 0.15) is 34.7 Å². The minimum atomic E-state index is -0.888. The molecule has 11 heteroatoms. The standard InChI is InChI=1S/C23H22BrF2N5O2S/c1-4-9-31-21(14(3)27-22(33)15-7-5-13(2)6-8-15)29-30-23(31)34-12-19(32)28-20-17(24)10-16(25)11-18(20)26/h4-8,10-11,14H,1,9,12H2,2-3H3,(H,27,33)(H,28,32)/t14-/m0/s1. The van der Waals surface area contributed by atoms with Crippen LogP contribution in [0.3, 0.4) is 0 Å². The number of aryl methyl sites for hydroxylation is 1. The van der Waals surface area contributed by atoms with E-state index in [0.29, 0.717) is 29.2 Å². The van der Waals surface area contributed by atoms with Gasteiger partial charge in [-0.2, -0.15) is 0 Å². The number of hydrogen-bond acceptors (Lipinski definition) is 5. The van der Waals surface area contributed by atoms with Gasteiger partial charge in [0.05, 0.1) is 17.5 Å². The van der Waals surface area contributed by atoms with E-state index in [1.165, 1.54) is 0 Å². The number of benzene rings is 2. The Morgan fingerprint density at radius 1 is 1.24 bits per heavy atom. The average molecular weight is 550 g/mol. The molecule has 0 fully saturated rings. The number of rotatable bonds is 9. The Morgan fingerprint density at radius 3 is 2.59 bits per heavy atom. The van der Waals surface area contributed by atoms with E-state index in [2.05, 4.69) is 43.3 Å². The van der Waals surface area contributed by atoms with Crippen LogP contribution in [-0.2, 0) is 11.3 Å². The highest BCUT2D eigenvalue weighted by Crippen LogP contribution is 2.27. The van der Waals surface area contributed by atoms with Crippen molar-refractivity contribution in [1.82, 2.24) is 20.1 Å². The summed E-state index contributed by atoms with van der Waals surface area (Å²) in [7, 11) is 0. The number of carbonyl (C=O) groups is 2. The fourth-order valence-electron chi connectivity index (χ4n) is 3.04. The summed E-state index contributed by atoms with van der Waals surface area (Å²) in [6, 6.07) is 8.49. The number of amides is 2. The van der Waals surface area contributed by atoms with Gasteiger partial charge >= 0.3 is 0 Å². The van der Waals surface area contributed by atoms with Crippen LogP contribution in [0.25, 0.3) is 0 Å². The van der Waals surface area contributed by atoms with E-state index < -0.39 is 23.6 Å². The first-order valence-electron chi connectivity index (χ1n) is 10.2. The van der Waals surface area contributed by atoms with Crippen LogP contribution in [0.2, 0.25) is 0 Å². The highest BCUT2D eigenvalue weighted by atomic mass is 79.9. The third kappa shape index (κ3) is 6.29. The second-order valence-electron chi connectivity index (χ2n) is 7.38. The fourth-order valence-corrected chi connectivity index (χ4v) is 4.31. The SMILES string of the molecule is C=CCn1c(SCC(=O)Nc2c(F)cc(F)cc2Br)nnc1[C@H](C)NC(=O)c1ccc(C)cc1. The minimum absolute atomic E-state index is 0.0946. The molecule has 0 saturated carbocycles. The fraction of sp³-hybridized carbons (Fsp3) is 0.217. The van der Waals surface area contributed by atoms with Gasteiger partial charge in [0.2, 0.25) is 5.91 Å². The van der Waals surface area contributed by atoms with Gasteiger partial charge in [-0.25, -0.2) is 8.78 Å². The molecule has 2 aromatic carbocycles. The molecule has 0 aliphatic rings. The van der Waals surface area contributed by atoms with Crippen molar-refractivity contribution < 1.29 is 18.4 Å². The lowest BCUT2D eigenvalue weighted by atomic mass is 10.1. The van der Waals surface area contributed by atoms with Crippen LogP contribution in [0.15, 0.2) is 58.7 Å². The van der Waals surface area contributed by atoms with E-state index >= 15 is 0 Å². The number of carbonyl (C=O) groups excluding carboxylic acids is 2. The number of hydrogen-bond donors (Lipinski definition) is 2. The molecule has 3 rings (SSSR count).